The highest BCUT2D eigenvalue weighted by molar-refractivity contribution is 5.69. The number of ether oxygens (including phenoxy) is 3. The number of nitrogens with zero attached hydrogens (tertiary/aromatic N) is 1. The van der Waals surface area contributed by atoms with Gasteiger partial charge in [0.05, 0.1) is 19.4 Å². The largest absolute Gasteiger partial charge is 0.493 e. The van der Waals surface area contributed by atoms with E-state index in [1.54, 1.807) is 6.26 Å². The molecule has 36 heavy (non-hydrogen) atoms. The number of oxazole rings is 1. The molecule has 0 atom stereocenters. The second kappa shape index (κ2) is 12.2. The Labute approximate surface area is 212 Å². The van der Waals surface area contributed by atoms with Gasteiger partial charge >= 0.3 is 12.1 Å². The van der Waals surface area contributed by atoms with Crippen LogP contribution in [0.5, 0.6) is 5.75 Å². The summed E-state index contributed by atoms with van der Waals surface area (Å²) in [7, 11) is 1.37. The zero-order valence-corrected chi connectivity index (χ0v) is 21.6. The molecule has 1 heterocycles. The van der Waals surface area contributed by atoms with E-state index < -0.39 is 11.7 Å². The fourth-order valence-corrected chi connectivity index (χ4v) is 3.50. The highest BCUT2D eigenvalue weighted by Gasteiger charge is 2.17. The van der Waals surface area contributed by atoms with Crippen LogP contribution in [-0.2, 0) is 33.7 Å². The van der Waals surface area contributed by atoms with E-state index in [0.717, 1.165) is 27.9 Å². The van der Waals surface area contributed by atoms with Gasteiger partial charge in [-0.25, -0.2) is 9.78 Å². The summed E-state index contributed by atoms with van der Waals surface area (Å²) in [6.45, 7) is 8.05. The van der Waals surface area contributed by atoms with Gasteiger partial charge in [0.15, 0.2) is 0 Å². The van der Waals surface area contributed by atoms with Gasteiger partial charge in [-0.3, -0.25) is 4.79 Å². The van der Waals surface area contributed by atoms with E-state index in [-0.39, 0.29) is 18.9 Å². The van der Waals surface area contributed by atoms with Crippen LogP contribution in [0.25, 0.3) is 11.5 Å². The summed E-state index contributed by atoms with van der Waals surface area (Å²) in [5.41, 5.74) is 3.98. The number of carbonyl (C=O) groups excluding carboxylic acids is 2. The SMILES string of the molecule is COC(=O)CCc1ccc(OCCc2coc(-c3cccc(C)c3)n2)c(CNC(=O)OC(C)(C)C)c1. The lowest BCUT2D eigenvalue weighted by atomic mass is 10.1. The Balaban J connectivity index is 1.65. The summed E-state index contributed by atoms with van der Waals surface area (Å²) in [6, 6.07) is 13.7. The molecule has 1 amide bonds. The summed E-state index contributed by atoms with van der Waals surface area (Å²) in [6.07, 6.45) is 2.47. The van der Waals surface area contributed by atoms with Crippen LogP contribution in [0.1, 0.15) is 49.6 Å². The molecule has 0 aliphatic carbocycles. The van der Waals surface area contributed by atoms with Crippen molar-refractivity contribution in [2.45, 2.75) is 59.1 Å². The highest BCUT2D eigenvalue weighted by Crippen LogP contribution is 2.23. The van der Waals surface area contributed by atoms with Crippen LogP contribution in [0.4, 0.5) is 4.79 Å². The molecule has 8 nitrogen and oxygen atoms in total. The number of hydrogen-bond acceptors (Lipinski definition) is 7. The van der Waals surface area contributed by atoms with Gasteiger partial charge in [-0.05, 0) is 57.9 Å². The first-order valence-corrected chi connectivity index (χ1v) is 11.9. The maximum Gasteiger partial charge on any atom is 0.407 e. The smallest absolute Gasteiger partial charge is 0.407 e. The molecule has 0 aliphatic heterocycles. The molecule has 0 aliphatic rings. The molecule has 3 rings (SSSR count). The second-order valence-corrected chi connectivity index (χ2v) is 9.49. The Morgan fingerprint density at radius 2 is 1.89 bits per heavy atom. The first kappa shape index (κ1) is 26.8. The molecule has 1 N–H and O–H groups in total. The number of rotatable bonds is 10. The number of hydrogen-bond donors (Lipinski definition) is 1. The quantitative estimate of drug-likeness (QED) is 0.377. The molecular formula is C28H34N2O6. The lowest BCUT2D eigenvalue weighted by Crippen LogP contribution is -2.32. The Bertz CT molecular complexity index is 1180. The molecular weight excluding hydrogens is 460 g/mol. The topological polar surface area (TPSA) is 99.9 Å². The van der Waals surface area contributed by atoms with E-state index in [1.165, 1.54) is 7.11 Å². The van der Waals surface area contributed by atoms with Crippen LogP contribution < -0.4 is 10.1 Å². The minimum absolute atomic E-state index is 0.220. The first-order valence-electron chi connectivity index (χ1n) is 11.9. The number of aromatic nitrogens is 1. The number of aryl methyl sites for hydroxylation is 2. The third-order valence-electron chi connectivity index (χ3n) is 5.22. The molecule has 2 aromatic carbocycles. The lowest BCUT2D eigenvalue weighted by Gasteiger charge is -2.20. The predicted octanol–water partition coefficient (Wildman–Crippen LogP) is 5.40. The van der Waals surface area contributed by atoms with Gasteiger partial charge in [0.2, 0.25) is 5.89 Å². The molecule has 192 valence electrons. The van der Waals surface area contributed by atoms with E-state index in [4.69, 9.17) is 18.6 Å². The molecule has 0 saturated heterocycles. The van der Waals surface area contributed by atoms with Crippen molar-refractivity contribution < 1.29 is 28.2 Å². The summed E-state index contributed by atoms with van der Waals surface area (Å²) in [4.78, 5) is 28.3. The minimum atomic E-state index is -0.597. The maximum atomic E-state index is 12.2. The van der Waals surface area contributed by atoms with Crippen molar-refractivity contribution in [2.24, 2.45) is 0 Å². The van der Waals surface area contributed by atoms with Crippen LogP contribution in [0.15, 0.2) is 53.1 Å². The maximum absolute atomic E-state index is 12.2. The van der Waals surface area contributed by atoms with E-state index >= 15 is 0 Å². The van der Waals surface area contributed by atoms with E-state index in [1.807, 2.05) is 70.2 Å². The van der Waals surface area contributed by atoms with Crippen molar-refractivity contribution in [2.75, 3.05) is 13.7 Å². The van der Waals surface area contributed by atoms with Gasteiger partial charge in [0.25, 0.3) is 0 Å². The lowest BCUT2D eigenvalue weighted by molar-refractivity contribution is -0.140. The number of nitrogens with one attached hydrogen (secondary N) is 1. The molecule has 1 aromatic heterocycles. The van der Waals surface area contributed by atoms with Crippen molar-refractivity contribution in [3.8, 4) is 17.2 Å². The van der Waals surface area contributed by atoms with Gasteiger partial charge in [-0.15, -0.1) is 0 Å². The van der Waals surface area contributed by atoms with Gasteiger partial charge < -0.3 is 23.9 Å². The van der Waals surface area contributed by atoms with Crippen LogP contribution in [0.3, 0.4) is 0 Å². The minimum Gasteiger partial charge on any atom is -0.493 e. The number of amides is 1. The fourth-order valence-electron chi connectivity index (χ4n) is 3.50. The summed E-state index contributed by atoms with van der Waals surface area (Å²) < 4.78 is 21.8. The van der Waals surface area contributed by atoms with Gasteiger partial charge in [-0.1, -0.05) is 29.8 Å². The number of esters is 1. The molecule has 0 spiro atoms. The van der Waals surface area contributed by atoms with Crippen molar-refractivity contribution in [1.29, 1.82) is 0 Å². The van der Waals surface area contributed by atoms with Crippen LogP contribution in [-0.4, -0.2) is 36.4 Å². The molecule has 3 aromatic rings. The predicted molar refractivity (Wildman–Crippen MR) is 136 cm³/mol. The standard InChI is InChI=1S/C28H34N2O6/c1-19-7-6-8-21(15-19)26-30-23(18-35-26)13-14-34-24-11-9-20(10-12-25(31)33-5)16-22(24)17-29-27(32)36-28(2,3)4/h6-9,11,15-16,18H,10,12-14,17H2,1-5H3,(H,29,32). The van der Waals surface area contributed by atoms with Gasteiger partial charge in [0, 0.05) is 30.5 Å². The third kappa shape index (κ3) is 8.45. The summed E-state index contributed by atoms with van der Waals surface area (Å²) in [5.74, 6) is 0.933. The number of benzene rings is 2. The average Bonchev–Trinajstić information content (AvgIpc) is 3.30. The monoisotopic (exact) mass is 494 g/mol. The van der Waals surface area contributed by atoms with Crippen LogP contribution in [0, 0.1) is 6.92 Å². The number of alkyl carbamates (subject to hydrolysis) is 1. The normalized spacial score (nSPS) is 11.1. The molecule has 0 fully saturated rings. The van der Waals surface area contributed by atoms with Crippen molar-refractivity contribution >= 4 is 12.1 Å². The number of carbonyl (C=O) groups is 2. The molecule has 0 bridgehead atoms. The average molecular weight is 495 g/mol. The molecule has 0 saturated carbocycles. The highest BCUT2D eigenvalue weighted by atomic mass is 16.6. The van der Waals surface area contributed by atoms with Gasteiger partial charge in [0.1, 0.15) is 17.6 Å². The Morgan fingerprint density at radius 3 is 2.61 bits per heavy atom. The molecule has 8 heteroatoms. The number of methoxy groups -OCH3 is 1. The van der Waals surface area contributed by atoms with Crippen molar-refractivity contribution in [1.82, 2.24) is 10.3 Å². The molecule has 0 unspecified atom stereocenters. The van der Waals surface area contributed by atoms with Gasteiger partial charge in [-0.2, -0.15) is 0 Å². The summed E-state index contributed by atoms with van der Waals surface area (Å²) in [5, 5.41) is 2.77. The first-order chi connectivity index (χ1) is 17.1. The molecule has 0 radical (unpaired) electrons. The zero-order chi connectivity index (χ0) is 26.1. The third-order valence-corrected chi connectivity index (χ3v) is 5.22. The zero-order valence-electron chi connectivity index (χ0n) is 21.6. The van der Waals surface area contributed by atoms with E-state index in [9.17, 15) is 9.59 Å². The van der Waals surface area contributed by atoms with Crippen LogP contribution in [0.2, 0.25) is 0 Å². The fraction of sp³-hybridized carbons (Fsp3) is 0.393. The second-order valence-electron chi connectivity index (χ2n) is 9.49. The van der Waals surface area contributed by atoms with Crippen LogP contribution >= 0.6 is 0 Å². The Morgan fingerprint density at radius 1 is 1.08 bits per heavy atom. The summed E-state index contributed by atoms with van der Waals surface area (Å²) >= 11 is 0. The van der Waals surface area contributed by atoms with E-state index in [2.05, 4.69) is 10.3 Å². The Kier molecular flexibility index (Phi) is 9.11. The Hall–Kier alpha value is -3.81. The van der Waals surface area contributed by atoms with Crippen molar-refractivity contribution in [3.05, 3.63) is 71.1 Å². The van der Waals surface area contributed by atoms with E-state index in [0.29, 0.717) is 31.1 Å². The van der Waals surface area contributed by atoms with Crippen molar-refractivity contribution in [3.63, 3.8) is 0 Å².